The summed E-state index contributed by atoms with van der Waals surface area (Å²) < 4.78 is 42.0. The van der Waals surface area contributed by atoms with Gasteiger partial charge in [-0.3, -0.25) is 4.68 Å². The molecular formula is C22H33Cl2FN4O2S. The van der Waals surface area contributed by atoms with Crippen LogP contribution in [0.25, 0.3) is 0 Å². The zero-order valence-electron chi connectivity index (χ0n) is 19.4. The van der Waals surface area contributed by atoms with E-state index in [-0.39, 0.29) is 53.1 Å². The Morgan fingerprint density at radius 1 is 1.25 bits per heavy atom. The highest BCUT2D eigenvalue weighted by atomic mass is 35.5. The third-order valence-electron chi connectivity index (χ3n) is 4.99. The first kappa shape index (κ1) is 28.6. The molecule has 0 unspecified atom stereocenters. The minimum atomic E-state index is -3.63. The van der Waals surface area contributed by atoms with E-state index >= 15 is 0 Å². The van der Waals surface area contributed by atoms with Crippen molar-refractivity contribution in [3.63, 3.8) is 0 Å². The SMILES string of the molecule is CC(C)c1nn(C/C(F)=C/CN)c(C(C)C)c1Cc1ccc(S(=O)(=O)N(C)C)c(Cl)c1.Cl. The molecule has 0 aliphatic carbocycles. The van der Waals surface area contributed by atoms with Crippen LogP contribution in [0.15, 0.2) is 35.0 Å². The molecule has 0 atom stereocenters. The zero-order chi connectivity index (χ0) is 23.5. The minimum absolute atomic E-state index is 0. The molecule has 2 rings (SSSR count). The number of allylic oxidation sites excluding steroid dienone is 1. The summed E-state index contributed by atoms with van der Waals surface area (Å²) >= 11 is 6.34. The molecule has 1 aromatic heterocycles. The molecule has 0 bridgehead atoms. The van der Waals surface area contributed by atoms with Gasteiger partial charge in [0.2, 0.25) is 10.0 Å². The van der Waals surface area contributed by atoms with Gasteiger partial charge in [-0.05, 0) is 35.6 Å². The van der Waals surface area contributed by atoms with Crippen LogP contribution in [-0.4, -0.2) is 43.1 Å². The number of nitrogens with two attached hydrogens (primary N) is 1. The lowest BCUT2D eigenvalue weighted by molar-refractivity contribution is 0.502. The summed E-state index contributed by atoms with van der Waals surface area (Å²) in [5.74, 6) is -0.0706. The van der Waals surface area contributed by atoms with Crippen molar-refractivity contribution in [1.82, 2.24) is 14.1 Å². The Morgan fingerprint density at radius 2 is 1.88 bits per heavy atom. The summed E-state index contributed by atoms with van der Waals surface area (Å²) in [6.45, 7) is 8.36. The van der Waals surface area contributed by atoms with Gasteiger partial charge in [-0.15, -0.1) is 12.4 Å². The molecule has 0 aliphatic rings. The molecular weight excluding hydrogens is 474 g/mol. The number of hydrogen-bond donors (Lipinski definition) is 1. The molecule has 2 N–H and O–H groups in total. The lowest BCUT2D eigenvalue weighted by Crippen LogP contribution is -2.22. The predicted octanol–water partition coefficient (Wildman–Crippen LogP) is 4.86. The molecule has 1 aromatic carbocycles. The molecule has 32 heavy (non-hydrogen) atoms. The maximum absolute atomic E-state index is 14.2. The third kappa shape index (κ3) is 6.32. The van der Waals surface area contributed by atoms with Gasteiger partial charge in [0.15, 0.2) is 0 Å². The summed E-state index contributed by atoms with van der Waals surface area (Å²) in [6, 6.07) is 4.98. The summed E-state index contributed by atoms with van der Waals surface area (Å²) in [4.78, 5) is 0.0702. The van der Waals surface area contributed by atoms with Gasteiger partial charge in [0.05, 0.1) is 17.3 Å². The standard InChI is InChI=1S/C22H32ClFN4O2S.ClH/c1-14(2)21-18(22(15(3)4)28(26-21)13-17(24)9-10-25)11-16-7-8-20(19(23)12-16)31(29,30)27(5)6;/h7-9,12,14-15H,10-11,13,25H2,1-6H3;1H/b17-9-;. The highest BCUT2D eigenvalue weighted by Gasteiger charge is 2.24. The van der Waals surface area contributed by atoms with Crippen LogP contribution in [0.2, 0.25) is 5.02 Å². The molecule has 0 spiro atoms. The maximum Gasteiger partial charge on any atom is 0.244 e. The zero-order valence-corrected chi connectivity index (χ0v) is 21.8. The number of hydrogen-bond acceptors (Lipinski definition) is 4. The first-order valence-corrected chi connectivity index (χ1v) is 12.1. The van der Waals surface area contributed by atoms with Crippen molar-refractivity contribution in [2.24, 2.45) is 5.73 Å². The van der Waals surface area contributed by atoms with Gasteiger partial charge in [0.25, 0.3) is 0 Å². The molecule has 0 fully saturated rings. The maximum atomic E-state index is 14.2. The van der Waals surface area contributed by atoms with Crippen molar-refractivity contribution >= 4 is 34.0 Å². The van der Waals surface area contributed by atoms with E-state index in [0.717, 1.165) is 26.8 Å². The molecule has 6 nitrogen and oxygen atoms in total. The van der Waals surface area contributed by atoms with Crippen molar-refractivity contribution in [3.05, 3.63) is 57.6 Å². The Morgan fingerprint density at radius 3 is 2.34 bits per heavy atom. The van der Waals surface area contributed by atoms with Gasteiger partial charge < -0.3 is 5.73 Å². The second-order valence-electron chi connectivity index (χ2n) is 8.33. The molecule has 2 aromatic rings. The number of rotatable bonds is 9. The molecule has 180 valence electrons. The van der Waals surface area contributed by atoms with E-state index < -0.39 is 10.0 Å². The predicted molar refractivity (Wildman–Crippen MR) is 131 cm³/mol. The van der Waals surface area contributed by atoms with Crippen LogP contribution in [-0.2, 0) is 23.0 Å². The van der Waals surface area contributed by atoms with E-state index in [1.165, 1.54) is 26.2 Å². The van der Waals surface area contributed by atoms with E-state index in [0.29, 0.717) is 6.42 Å². The number of nitrogens with zero attached hydrogens (tertiary/aromatic N) is 3. The first-order valence-electron chi connectivity index (χ1n) is 10.2. The number of aromatic nitrogens is 2. The average Bonchev–Trinajstić information content (AvgIpc) is 2.99. The smallest absolute Gasteiger partial charge is 0.244 e. The van der Waals surface area contributed by atoms with Crippen LogP contribution < -0.4 is 5.73 Å². The quantitative estimate of drug-likeness (QED) is 0.526. The molecule has 10 heteroatoms. The normalized spacial score (nSPS) is 12.7. The number of sulfonamides is 1. The van der Waals surface area contributed by atoms with Crippen LogP contribution in [0.3, 0.4) is 0 Å². The fraction of sp³-hybridized carbons (Fsp3) is 0.500. The summed E-state index contributed by atoms with van der Waals surface area (Å²) in [5.41, 5.74) is 9.16. The van der Waals surface area contributed by atoms with E-state index in [9.17, 15) is 12.8 Å². The highest BCUT2D eigenvalue weighted by molar-refractivity contribution is 7.89. The Hall–Kier alpha value is -1.45. The van der Waals surface area contributed by atoms with E-state index in [2.05, 4.69) is 0 Å². The van der Waals surface area contributed by atoms with E-state index in [1.807, 2.05) is 27.7 Å². The van der Waals surface area contributed by atoms with Gasteiger partial charge in [0.1, 0.15) is 10.7 Å². The summed E-state index contributed by atoms with van der Waals surface area (Å²) in [7, 11) is -0.692. The molecule has 1 heterocycles. The lowest BCUT2D eigenvalue weighted by Gasteiger charge is -2.15. The van der Waals surface area contributed by atoms with E-state index in [4.69, 9.17) is 22.4 Å². The monoisotopic (exact) mass is 506 g/mol. The van der Waals surface area contributed by atoms with Crippen molar-refractivity contribution in [2.45, 2.75) is 57.4 Å². The molecule has 0 amide bonds. The second kappa shape index (κ2) is 11.6. The Bertz CT molecular complexity index is 1060. The van der Waals surface area contributed by atoms with Gasteiger partial charge >= 0.3 is 0 Å². The van der Waals surface area contributed by atoms with Crippen molar-refractivity contribution < 1.29 is 12.8 Å². The van der Waals surface area contributed by atoms with Crippen LogP contribution >= 0.6 is 24.0 Å². The molecule has 0 saturated heterocycles. The highest BCUT2D eigenvalue weighted by Crippen LogP contribution is 2.32. The molecule has 0 radical (unpaired) electrons. The van der Waals surface area contributed by atoms with Gasteiger partial charge in [0, 0.05) is 38.3 Å². The Balaban J connectivity index is 0.00000512. The fourth-order valence-electron chi connectivity index (χ4n) is 3.54. The first-order chi connectivity index (χ1) is 14.4. The van der Waals surface area contributed by atoms with Crippen LogP contribution in [0.1, 0.15) is 62.0 Å². The molecule has 0 aliphatic heterocycles. The fourth-order valence-corrected chi connectivity index (χ4v) is 4.98. The topological polar surface area (TPSA) is 81.2 Å². The van der Waals surface area contributed by atoms with Gasteiger partial charge in [-0.2, -0.15) is 5.10 Å². The van der Waals surface area contributed by atoms with Crippen molar-refractivity contribution in [2.75, 3.05) is 20.6 Å². The second-order valence-corrected chi connectivity index (χ2v) is 10.9. The molecule has 0 saturated carbocycles. The summed E-state index contributed by atoms with van der Waals surface area (Å²) in [6.07, 6.45) is 1.87. The lowest BCUT2D eigenvalue weighted by atomic mass is 9.94. The van der Waals surface area contributed by atoms with Crippen LogP contribution in [0, 0.1) is 0 Å². The minimum Gasteiger partial charge on any atom is -0.327 e. The Labute approximate surface area is 202 Å². The third-order valence-corrected chi connectivity index (χ3v) is 7.29. The van der Waals surface area contributed by atoms with Crippen molar-refractivity contribution in [3.8, 4) is 0 Å². The largest absolute Gasteiger partial charge is 0.327 e. The van der Waals surface area contributed by atoms with E-state index in [1.54, 1.807) is 16.8 Å². The van der Waals surface area contributed by atoms with Crippen LogP contribution in [0.5, 0.6) is 0 Å². The van der Waals surface area contributed by atoms with Gasteiger partial charge in [-0.25, -0.2) is 17.1 Å². The van der Waals surface area contributed by atoms with Crippen molar-refractivity contribution in [1.29, 1.82) is 0 Å². The van der Waals surface area contributed by atoms with Crippen LogP contribution in [0.4, 0.5) is 4.39 Å². The number of benzene rings is 1. The van der Waals surface area contributed by atoms with Gasteiger partial charge in [-0.1, -0.05) is 45.4 Å². The Kier molecular flexibility index (Phi) is 10.4. The summed E-state index contributed by atoms with van der Waals surface area (Å²) in [5, 5.41) is 4.89. The average molecular weight is 508 g/mol. The number of halogens is 3.